The maximum Gasteiger partial charge on any atom is 0.0547 e. The quantitative estimate of drug-likeness (QED) is 0.133. The van der Waals surface area contributed by atoms with E-state index in [1.165, 1.54) is 82.2 Å². The van der Waals surface area contributed by atoms with Crippen molar-refractivity contribution >= 4 is 71.4 Å². The zero-order valence-corrected chi connectivity index (χ0v) is 43.3. The molecular weight excluding hydrogens is 955 g/mol. The van der Waals surface area contributed by atoms with Gasteiger partial charge in [-0.15, -0.1) is 0 Å². The molecular formula is C76H51N3. The molecule has 15 rings (SSSR count). The van der Waals surface area contributed by atoms with E-state index >= 15 is 0 Å². The van der Waals surface area contributed by atoms with Crippen LogP contribution in [-0.2, 0) is 0 Å². The van der Waals surface area contributed by atoms with Crippen molar-refractivity contribution in [3.63, 3.8) is 0 Å². The van der Waals surface area contributed by atoms with Crippen molar-refractivity contribution in [3.05, 3.63) is 309 Å². The molecule has 0 saturated heterocycles. The molecule has 2 heterocycles. The van der Waals surface area contributed by atoms with E-state index in [9.17, 15) is 0 Å². The highest BCUT2D eigenvalue weighted by Gasteiger charge is 2.20. The van der Waals surface area contributed by atoms with Gasteiger partial charge in [0, 0.05) is 50.0 Å². The average Bonchev–Trinajstić information content (AvgIpc) is 4.28. The number of hydrogen-bond donors (Lipinski definition) is 0. The van der Waals surface area contributed by atoms with Gasteiger partial charge in [-0.05, 0) is 182 Å². The van der Waals surface area contributed by atoms with E-state index in [2.05, 4.69) is 323 Å². The smallest absolute Gasteiger partial charge is 0.0547 e. The molecule has 370 valence electrons. The van der Waals surface area contributed by atoms with Crippen LogP contribution < -0.4 is 4.90 Å². The molecule has 0 unspecified atom stereocenters. The minimum absolute atomic E-state index is 1.08. The van der Waals surface area contributed by atoms with E-state index < -0.39 is 0 Å². The number of aromatic nitrogens is 2. The fourth-order valence-electron chi connectivity index (χ4n) is 12.1. The second-order valence-electron chi connectivity index (χ2n) is 20.5. The van der Waals surface area contributed by atoms with Gasteiger partial charge in [-0.2, -0.15) is 0 Å². The van der Waals surface area contributed by atoms with Crippen molar-refractivity contribution in [1.29, 1.82) is 0 Å². The van der Waals surface area contributed by atoms with Crippen molar-refractivity contribution in [2.24, 2.45) is 0 Å². The van der Waals surface area contributed by atoms with Crippen LogP contribution in [0.5, 0.6) is 0 Å². The van der Waals surface area contributed by atoms with Crippen molar-refractivity contribution < 1.29 is 0 Å². The van der Waals surface area contributed by atoms with Gasteiger partial charge in [0.15, 0.2) is 0 Å². The van der Waals surface area contributed by atoms with Crippen LogP contribution in [0.4, 0.5) is 17.1 Å². The molecule has 0 N–H and O–H groups in total. The number of fused-ring (bicyclic) bond motifs is 8. The number of rotatable bonds is 10. The van der Waals surface area contributed by atoms with Crippen LogP contribution in [0.3, 0.4) is 0 Å². The lowest BCUT2D eigenvalue weighted by molar-refractivity contribution is 1.18. The van der Waals surface area contributed by atoms with Gasteiger partial charge < -0.3 is 14.0 Å². The van der Waals surface area contributed by atoms with Gasteiger partial charge in [0.25, 0.3) is 0 Å². The SMILES string of the molecule is c1ccc(-c2ccc(N(c3ccc(-c4ccccc4)cc3)c3ccc(-c4cc(-c5ccc6c(c5)c5ccccc5n6-c5ccccc5)cc(-c5ccc6c(c5)c5c7ccccc7ccc5n6-c5ccccc5)c4)cc3)cc2)cc1. The van der Waals surface area contributed by atoms with Gasteiger partial charge in [-0.1, -0.05) is 194 Å². The first kappa shape index (κ1) is 45.9. The normalized spacial score (nSPS) is 11.5. The van der Waals surface area contributed by atoms with Gasteiger partial charge in [0.1, 0.15) is 0 Å². The topological polar surface area (TPSA) is 13.1 Å². The Labute approximate surface area is 459 Å². The van der Waals surface area contributed by atoms with Crippen LogP contribution >= 0.6 is 0 Å². The molecule has 0 fully saturated rings. The summed E-state index contributed by atoms with van der Waals surface area (Å²) >= 11 is 0. The molecule has 15 aromatic rings. The Balaban J connectivity index is 0.895. The summed E-state index contributed by atoms with van der Waals surface area (Å²) in [6.07, 6.45) is 0. The molecule has 3 nitrogen and oxygen atoms in total. The van der Waals surface area contributed by atoms with Gasteiger partial charge in [0.05, 0.1) is 22.1 Å². The van der Waals surface area contributed by atoms with Crippen molar-refractivity contribution in [3.8, 4) is 67.0 Å². The summed E-state index contributed by atoms with van der Waals surface area (Å²) in [5.74, 6) is 0. The average molecular weight is 1010 g/mol. The van der Waals surface area contributed by atoms with Gasteiger partial charge in [-0.25, -0.2) is 0 Å². The first-order chi connectivity index (χ1) is 39.2. The van der Waals surface area contributed by atoms with Crippen LogP contribution in [0, 0.1) is 0 Å². The minimum Gasteiger partial charge on any atom is -0.311 e. The first-order valence-electron chi connectivity index (χ1n) is 27.1. The molecule has 0 atom stereocenters. The summed E-state index contributed by atoms with van der Waals surface area (Å²) in [6, 6.07) is 113. The standard InChI is InChI=1S/C76H51N3/c1-5-17-52(18-6-1)54-29-38-65(39-30-54)77(66-40-31-55(32-41-66)53-19-7-2-8-20-53)67-42-33-56(34-43-67)60-47-61(58-36-44-73-70(50-58)69-27-15-16-28-72(69)78(73)63-22-9-3-10-23-63)49-62(48-60)59-37-45-74-71(51-59)76-68-26-14-13-21-57(68)35-46-75(76)79(74)64-24-11-4-12-25-64/h1-51H. The molecule has 79 heavy (non-hydrogen) atoms. The second kappa shape index (κ2) is 19.3. The summed E-state index contributed by atoms with van der Waals surface area (Å²) in [5, 5.41) is 7.44. The highest BCUT2D eigenvalue weighted by Crippen LogP contribution is 2.43. The van der Waals surface area contributed by atoms with E-state index in [1.807, 2.05) is 0 Å². The Morgan fingerprint density at radius 3 is 1.09 bits per heavy atom. The summed E-state index contributed by atoms with van der Waals surface area (Å²) < 4.78 is 4.81. The third kappa shape index (κ3) is 8.16. The van der Waals surface area contributed by atoms with Gasteiger partial charge in [0.2, 0.25) is 0 Å². The Morgan fingerprint density at radius 1 is 0.203 bits per heavy atom. The zero-order valence-electron chi connectivity index (χ0n) is 43.3. The van der Waals surface area contributed by atoms with Crippen LogP contribution in [0.15, 0.2) is 309 Å². The Kier molecular flexibility index (Phi) is 11.2. The lowest BCUT2D eigenvalue weighted by Gasteiger charge is -2.26. The summed E-state index contributed by atoms with van der Waals surface area (Å²) in [5.41, 5.74) is 22.0. The van der Waals surface area contributed by atoms with Crippen LogP contribution in [0.2, 0.25) is 0 Å². The molecule has 0 aliphatic carbocycles. The fourth-order valence-corrected chi connectivity index (χ4v) is 12.1. The number of nitrogens with zero attached hydrogens (tertiary/aromatic N) is 3. The van der Waals surface area contributed by atoms with Gasteiger partial charge in [-0.3, -0.25) is 0 Å². The van der Waals surface area contributed by atoms with E-state index in [4.69, 9.17) is 0 Å². The molecule has 3 heteroatoms. The molecule has 2 aromatic heterocycles. The number of hydrogen-bond acceptors (Lipinski definition) is 1. The number of benzene rings is 13. The molecule has 0 radical (unpaired) electrons. The molecule has 13 aromatic carbocycles. The highest BCUT2D eigenvalue weighted by molar-refractivity contribution is 6.22. The van der Waals surface area contributed by atoms with E-state index in [1.54, 1.807) is 0 Å². The van der Waals surface area contributed by atoms with Crippen LogP contribution in [0.25, 0.3) is 121 Å². The maximum atomic E-state index is 2.43. The Bertz CT molecular complexity index is 4630. The van der Waals surface area contributed by atoms with Crippen molar-refractivity contribution in [1.82, 2.24) is 9.13 Å². The highest BCUT2D eigenvalue weighted by atomic mass is 15.1. The minimum atomic E-state index is 1.08. The first-order valence-corrected chi connectivity index (χ1v) is 27.1. The van der Waals surface area contributed by atoms with E-state index in [0.29, 0.717) is 0 Å². The Hall–Kier alpha value is -10.5. The predicted molar refractivity (Wildman–Crippen MR) is 334 cm³/mol. The second-order valence-corrected chi connectivity index (χ2v) is 20.5. The van der Waals surface area contributed by atoms with E-state index in [-0.39, 0.29) is 0 Å². The molecule has 0 saturated carbocycles. The number of anilines is 3. The summed E-state index contributed by atoms with van der Waals surface area (Å²) in [4.78, 5) is 2.36. The molecule has 0 aliphatic rings. The molecule has 0 amide bonds. The third-order valence-electron chi connectivity index (χ3n) is 15.9. The Morgan fingerprint density at radius 2 is 0.557 bits per heavy atom. The maximum absolute atomic E-state index is 2.43. The van der Waals surface area contributed by atoms with Crippen molar-refractivity contribution in [2.75, 3.05) is 4.90 Å². The third-order valence-corrected chi connectivity index (χ3v) is 15.9. The lowest BCUT2D eigenvalue weighted by Crippen LogP contribution is -2.09. The van der Waals surface area contributed by atoms with Gasteiger partial charge >= 0.3 is 0 Å². The summed E-state index contributed by atoms with van der Waals surface area (Å²) in [6.45, 7) is 0. The summed E-state index contributed by atoms with van der Waals surface area (Å²) in [7, 11) is 0. The predicted octanol–water partition coefficient (Wildman–Crippen LogP) is 20.8. The molecule has 0 bridgehead atoms. The number of para-hydroxylation sites is 3. The van der Waals surface area contributed by atoms with Crippen LogP contribution in [0.1, 0.15) is 0 Å². The van der Waals surface area contributed by atoms with E-state index in [0.717, 1.165) is 56.3 Å². The lowest BCUT2D eigenvalue weighted by atomic mass is 9.92. The monoisotopic (exact) mass is 1010 g/mol. The zero-order chi connectivity index (χ0) is 52.2. The van der Waals surface area contributed by atoms with Crippen LogP contribution in [-0.4, -0.2) is 9.13 Å². The fraction of sp³-hybridized carbons (Fsp3) is 0. The largest absolute Gasteiger partial charge is 0.311 e. The molecule has 0 aliphatic heterocycles. The molecule has 0 spiro atoms. The van der Waals surface area contributed by atoms with Crippen molar-refractivity contribution in [2.45, 2.75) is 0 Å².